The predicted molar refractivity (Wildman–Crippen MR) is 106 cm³/mol. The predicted octanol–water partition coefficient (Wildman–Crippen LogP) is 2.23. The number of nitrogens with zero attached hydrogens (tertiary/aromatic N) is 3. The minimum atomic E-state index is -3.59. The lowest BCUT2D eigenvalue weighted by Crippen LogP contribution is -2.51. The molecule has 1 fully saturated rings. The van der Waals surface area contributed by atoms with Gasteiger partial charge in [0.2, 0.25) is 10.0 Å². The third-order valence-electron chi connectivity index (χ3n) is 4.35. The molecule has 1 saturated heterocycles. The highest BCUT2D eigenvalue weighted by molar-refractivity contribution is 9.10. The van der Waals surface area contributed by atoms with Gasteiger partial charge in [-0.3, -0.25) is 4.79 Å². The maximum absolute atomic E-state index is 12.7. The highest BCUT2D eigenvalue weighted by Gasteiger charge is 2.30. The molecular formula is C19H18BrN3O4S. The molecule has 1 amide bonds. The number of rotatable bonds is 5. The van der Waals surface area contributed by atoms with E-state index in [1.165, 1.54) is 4.31 Å². The van der Waals surface area contributed by atoms with E-state index in [1.807, 2.05) is 6.07 Å². The molecule has 1 aliphatic rings. The molecule has 0 aliphatic carbocycles. The van der Waals surface area contributed by atoms with Crippen molar-refractivity contribution in [3.05, 3.63) is 58.6 Å². The van der Waals surface area contributed by atoms with Crippen LogP contribution in [0, 0.1) is 11.3 Å². The van der Waals surface area contributed by atoms with Gasteiger partial charge < -0.3 is 9.64 Å². The average Bonchev–Trinajstić information content (AvgIpc) is 2.72. The average molecular weight is 464 g/mol. The fourth-order valence-corrected chi connectivity index (χ4v) is 4.87. The zero-order chi connectivity index (χ0) is 20.1. The highest BCUT2D eigenvalue weighted by Crippen LogP contribution is 2.21. The van der Waals surface area contributed by atoms with E-state index in [0.717, 1.165) is 0 Å². The molecule has 0 unspecified atom stereocenters. The summed E-state index contributed by atoms with van der Waals surface area (Å²) in [5.41, 5.74) is 0.455. The van der Waals surface area contributed by atoms with E-state index in [9.17, 15) is 13.2 Å². The lowest BCUT2D eigenvalue weighted by molar-refractivity contribution is -0.134. The molecule has 0 aromatic heterocycles. The van der Waals surface area contributed by atoms with Gasteiger partial charge in [-0.15, -0.1) is 0 Å². The van der Waals surface area contributed by atoms with Gasteiger partial charge in [0.25, 0.3) is 5.91 Å². The Balaban J connectivity index is 1.56. The molecule has 0 spiro atoms. The molecule has 0 atom stereocenters. The second-order valence-corrected chi connectivity index (χ2v) is 9.02. The van der Waals surface area contributed by atoms with E-state index in [2.05, 4.69) is 15.9 Å². The summed E-state index contributed by atoms with van der Waals surface area (Å²) in [6.45, 7) is 0.892. The Morgan fingerprint density at radius 2 is 1.82 bits per heavy atom. The monoisotopic (exact) mass is 463 g/mol. The number of halogens is 1. The number of nitriles is 1. The number of hydrogen-bond acceptors (Lipinski definition) is 5. The number of piperazine rings is 1. The van der Waals surface area contributed by atoms with Crippen molar-refractivity contribution in [3.63, 3.8) is 0 Å². The molecule has 1 aliphatic heterocycles. The molecular weight excluding hydrogens is 446 g/mol. The normalized spacial score (nSPS) is 15.1. The Hall–Kier alpha value is -2.41. The van der Waals surface area contributed by atoms with Crippen molar-refractivity contribution in [1.82, 2.24) is 9.21 Å². The minimum Gasteiger partial charge on any atom is -0.484 e. The van der Waals surface area contributed by atoms with E-state index >= 15 is 0 Å². The number of carbonyl (C=O) groups is 1. The summed E-state index contributed by atoms with van der Waals surface area (Å²) in [6.07, 6.45) is 0. The van der Waals surface area contributed by atoms with E-state index in [0.29, 0.717) is 28.9 Å². The largest absolute Gasteiger partial charge is 0.484 e. The molecule has 0 saturated carbocycles. The zero-order valence-corrected chi connectivity index (χ0v) is 17.3. The molecule has 0 radical (unpaired) electrons. The number of benzene rings is 2. The van der Waals surface area contributed by atoms with Crippen LogP contribution in [0.3, 0.4) is 0 Å². The van der Waals surface area contributed by atoms with Crippen molar-refractivity contribution in [2.75, 3.05) is 32.8 Å². The molecule has 9 heteroatoms. The first-order valence-corrected chi connectivity index (χ1v) is 10.8. The van der Waals surface area contributed by atoms with Crippen molar-refractivity contribution in [2.24, 2.45) is 0 Å². The number of sulfonamides is 1. The number of amides is 1. The minimum absolute atomic E-state index is 0.159. The summed E-state index contributed by atoms with van der Waals surface area (Å²) < 4.78 is 33.0. The van der Waals surface area contributed by atoms with E-state index in [-0.39, 0.29) is 30.5 Å². The highest BCUT2D eigenvalue weighted by atomic mass is 79.9. The Kier molecular flexibility index (Phi) is 6.34. The third-order valence-corrected chi connectivity index (χ3v) is 6.74. The summed E-state index contributed by atoms with van der Waals surface area (Å²) in [7, 11) is -3.59. The third kappa shape index (κ3) is 4.70. The first-order valence-electron chi connectivity index (χ1n) is 8.56. The van der Waals surface area contributed by atoms with Crippen molar-refractivity contribution in [2.45, 2.75) is 4.90 Å². The van der Waals surface area contributed by atoms with E-state index < -0.39 is 10.0 Å². The summed E-state index contributed by atoms with van der Waals surface area (Å²) in [5, 5.41) is 8.89. The number of ether oxygens (including phenoxy) is 1. The van der Waals surface area contributed by atoms with Crippen LogP contribution < -0.4 is 4.74 Å². The van der Waals surface area contributed by atoms with E-state index in [4.69, 9.17) is 10.00 Å². The van der Waals surface area contributed by atoms with Crippen molar-refractivity contribution in [3.8, 4) is 11.8 Å². The molecule has 7 nitrogen and oxygen atoms in total. The molecule has 3 rings (SSSR count). The van der Waals surface area contributed by atoms with Gasteiger partial charge in [-0.05, 0) is 36.4 Å². The van der Waals surface area contributed by atoms with Crippen LogP contribution in [0.15, 0.2) is 57.9 Å². The van der Waals surface area contributed by atoms with Gasteiger partial charge >= 0.3 is 0 Å². The molecule has 1 heterocycles. The lowest BCUT2D eigenvalue weighted by Gasteiger charge is -2.34. The first-order chi connectivity index (χ1) is 13.4. The van der Waals surface area contributed by atoms with Gasteiger partial charge in [-0.2, -0.15) is 9.57 Å². The van der Waals surface area contributed by atoms with Crippen LogP contribution >= 0.6 is 15.9 Å². The van der Waals surface area contributed by atoms with Crippen molar-refractivity contribution < 1.29 is 17.9 Å². The number of carbonyl (C=O) groups excluding carboxylic acids is 1. The maximum atomic E-state index is 12.7. The quantitative estimate of drug-likeness (QED) is 0.677. The zero-order valence-electron chi connectivity index (χ0n) is 14.9. The van der Waals surface area contributed by atoms with Gasteiger partial charge in [0.1, 0.15) is 5.75 Å². The summed E-state index contributed by atoms with van der Waals surface area (Å²) in [6, 6.07) is 15.2. The van der Waals surface area contributed by atoms with Gasteiger partial charge in [0.15, 0.2) is 6.61 Å². The second kappa shape index (κ2) is 8.73. The van der Waals surface area contributed by atoms with Crippen LogP contribution in [0.1, 0.15) is 5.56 Å². The van der Waals surface area contributed by atoms with E-state index in [1.54, 1.807) is 53.4 Å². The molecule has 28 heavy (non-hydrogen) atoms. The van der Waals surface area contributed by atoms with Crippen molar-refractivity contribution >= 4 is 31.9 Å². The fraction of sp³-hybridized carbons (Fsp3) is 0.263. The molecule has 2 aromatic carbocycles. The fourth-order valence-electron chi connectivity index (χ4n) is 2.85. The van der Waals surface area contributed by atoms with Crippen LogP contribution in [0.2, 0.25) is 0 Å². The summed E-state index contributed by atoms with van der Waals surface area (Å²) in [4.78, 5) is 14.2. The second-order valence-electron chi connectivity index (χ2n) is 6.17. The van der Waals surface area contributed by atoms with Crippen molar-refractivity contribution in [1.29, 1.82) is 5.26 Å². The molecule has 0 bridgehead atoms. The Bertz CT molecular complexity index is 1010. The summed E-state index contributed by atoms with van der Waals surface area (Å²) >= 11 is 3.29. The van der Waals surface area contributed by atoms with Crippen LogP contribution in [-0.4, -0.2) is 56.3 Å². The van der Waals surface area contributed by atoms with Gasteiger partial charge in [-0.25, -0.2) is 8.42 Å². The molecule has 0 N–H and O–H groups in total. The Labute approximate surface area is 172 Å². The number of hydrogen-bond donors (Lipinski definition) is 0. The van der Waals surface area contributed by atoms with Crippen LogP contribution in [-0.2, 0) is 14.8 Å². The molecule has 146 valence electrons. The van der Waals surface area contributed by atoms with Crippen LogP contribution in [0.5, 0.6) is 5.75 Å². The van der Waals surface area contributed by atoms with Gasteiger partial charge in [-0.1, -0.05) is 28.1 Å². The Morgan fingerprint density at radius 1 is 1.11 bits per heavy atom. The lowest BCUT2D eigenvalue weighted by atomic mass is 10.2. The maximum Gasteiger partial charge on any atom is 0.260 e. The first kappa shape index (κ1) is 20.3. The topological polar surface area (TPSA) is 90.7 Å². The smallest absolute Gasteiger partial charge is 0.260 e. The van der Waals surface area contributed by atoms with Gasteiger partial charge in [0, 0.05) is 30.7 Å². The summed E-state index contributed by atoms with van der Waals surface area (Å²) in [5.74, 6) is 0.227. The van der Waals surface area contributed by atoms with Crippen LogP contribution in [0.4, 0.5) is 0 Å². The Morgan fingerprint density at radius 3 is 2.50 bits per heavy atom. The molecule has 2 aromatic rings. The SMILES string of the molecule is N#Cc1cccc(OCC(=O)N2CCN(S(=O)(=O)c3cccc(Br)c3)CC2)c1. The standard InChI is InChI=1S/C19H18BrN3O4S/c20-16-4-2-6-18(12-16)28(25,26)23-9-7-22(8-10-23)19(24)14-27-17-5-1-3-15(11-17)13-21/h1-6,11-12H,7-10,14H2. The van der Waals surface area contributed by atoms with Crippen LogP contribution in [0.25, 0.3) is 0 Å². The van der Waals surface area contributed by atoms with Gasteiger partial charge in [0.05, 0.1) is 16.5 Å².